The molecule has 2 aromatic carbocycles. The number of rotatable bonds is 9. The van der Waals surface area contributed by atoms with Crippen LogP contribution < -0.4 is 9.47 Å². The fourth-order valence-corrected chi connectivity index (χ4v) is 3.70. The molecule has 0 aliphatic carbocycles. The number of hydrogen-bond donors (Lipinski definition) is 0. The first kappa shape index (κ1) is 27.2. The summed E-state index contributed by atoms with van der Waals surface area (Å²) in [5, 5.41) is 0. The topological polar surface area (TPSA) is 65.1 Å². The minimum atomic E-state index is -4.75. The quantitative estimate of drug-likeness (QED) is 0.363. The highest BCUT2D eigenvalue weighted by atomic mass is 19.4. The first-order valence-electron chi connectivity index (χ1n) is 11.3. The van der Waals surface area contributed by atoms with Gasteiger partial charge in [0, 0.05) is 19.0 Å². The largest absolute Gasteiger partial charge is 0.493 e. The number of alkyl halides is 3. The number of ketones is 1. The van der Waals surface area contributed by atoms with Crippen LogP contribution in [0.4, 0.5) is 17.6 Å². The standard InChI is InChI=1S/C26H27F4NO5/c1-17(32)3-4-18-5-9-23(24(13-18)34-2)36-16-21-15-31(11-12-35-21)25(33)10-7-19-6-8-20(27)14-22(19)26(28,29)30/h5-10,13-14,21H,3-4,11-12,15-16H2,1-2H3. The van der Waals surface area contributed by atoms with E-state index >= 15 is 0 Å². The molecule has 36 heavy (non-hydrogen) atoms. The summed E-state index contributed by atoms with van der Waals surface area (Å²) in [7, 11) is 1.51. The summed E-state index contributed by atoms with van der Waals surface area (Å²) in [6, 6.07) is 7.67. The summed E-state index contributed by atoms with van der Waals surface area (Å²) in [6.07, 6.45) is -2.13. The van der Waals surface area contributed by atoms with Crippen LogP contribution in [0.5, 0.6) is 11.5 Å². The maximum Gasteiger partial charge on any atom is 0.417 e. The van der Waals surface area contributed by atoms with Gasteiger partial charge >= 0.3 is 6.18 Å². The van der Waals surface area contributed by atoms with E-state index in [2.05, 4.69) is 0 Å². The number of nitrogens with zero attached hydrogens (tertiary/aromatic N) is 1. The van der Waals surface area contributed by atoms with E-state index in [-0.39, 0.29) is 37.6 Å². The highest BCUT2D eigenvalue weighted by Crippen LogP contribution is 2.33. The SMILES string of the molecule is COc1cc(CCC(C)=O)ccc1OCC1CN(C(=O)C=Cc2ccc(F)cc2C(F)(F)F)CCO1. The van der Waals surface area contributed by atoms with Crippen LogP contribution in [0.25, 0.3) is 6.08 Å². The number of halogens is 4. The summed E-state index contributed by atoms with van der Waals surface area (Å²) in [6.45, 7) is 2.33. The maximum absolute atomic E-state index is 13.3. The van der Waals surface area contributed by atoms with Crippen LogP contribution in [0.3, 0.4) is 0 Å². The van der Waals surface area contributed by atoms with Crippen molar-refractivity contribution in [1.29, 1.82) is 0 Å². The first-order valence-corrected chi connectivity index (χ1v) is 11.3. The lowest BCUT2D eigenvalue weighted by molar-refractivity contribution is -0.138. The van der Waals surface area contributed by atoms with Crippen LogP contribution in [0.2, 0.25) is 0 Å². The Bertz CT molecular complexity index is 1120. The molecule has 1 saturated heterocycles. The minimum Gasteiger partial charge on any atom is -0.493 e. The molecule has 2 aromatic rings. The fraction of sp³-hybridized carbons (Fsp3) is 0.385. The Labute approximate surface area is 206 Å². The van der Waals surface area contributed by atoms with Crippen molar-refractivity contribution in [3.8, 4) is 11.5 Å². The van der Waals surface area contributed by atoms with E-state index in [1.807, 2.05) is 6.07 Å². The van der Waals surface area contributed by atoms with Gasteiger partial charge in [-0.3, -0.25) is 4.79 Å². The smallest absolute Gasteiger partial charge is 0.417 e. The number of methoxy groups -OCH3 is 1. The van der Waals surface area contributed by atoms with E-state index in [0.29, 0.717) is 30.4 Å². The molecule has 3 rings (SSSR count). The molecule has 0 spiro atoms. The third kappa shape index (κ3) is 7.55. The summed E-state index contributed by atoms with van der Waals surface area (Å²) in [5.74, 6) is -0.428. The van der Waals surface area contributed by atoms with Gasteiger partial charge in [0.25, 0.3) is 0 Å². The number of amides is 1. The fourth-order valence-electron chi connectivity index (χ4n) is 3.70. The maximum atomic E-state index is 13.3. The van der Waals surface area contributed by atoms with E-state index in [1.54, 1.807) is 12.1 Å². The number of morpholine rings is 1. The van der Waals surface area contributed by atoms with E-state index < -0.39 is 29.6 Å². The zero-order chi connectivity index (χ0) is 26.3. The van der Waals surface area contributed by atoms with Gasteiger partial charge < -0.3 is 23.9 Å². The number of aryl methyl sites for hydroxylation is 1. The number of benzene rings is 2. The van der Waals surface area contributed by atoms with Crippen molar-refractivity contribution in [2.75, 3.05) is 33.4 Å². The molecular weight excluding hydrogens is 482 g/mol. The van der Waals surface area contributed by atoms with Gasteiger partial charge in [0.1, 0.15) is 24.3 Å². The molecule has 0 N–H and O–H groups in total. The molecule has 0 bridgehead atoms. The molecule has 0 saturated carbocycles. The molecule has 6 nitrogen and oxygen atoms in total. The van der Waals surface area contributed by atoms with Gasteiger partial charge in [0.2, 0.25) is 5.91 Å². The molecule has 0 radical (unpaired) electrons. The second-order valence-electron chi connectivity index (χ2n) is 8.34. The molecule has 1 aliphatic heterocycles. The van der Waals surface area contributed by atoms with Gasteiger partial charge in [-0.15, -0.1) is 0 Å². The number of Topliss-reactive ketones (excluding diaryl/α,β-unsaturated/α-hetero) is 1. The van der Waals surface area contributed by atoms with Crippen molar-refractivity contribution in [3.05, 3.63) is 65.0 Å². The molecule has 1 aliphatic rings. The van der Waals surface area contributed by atoms with Crippen molar-refractivity contribution in [3.63, 3.8) is 0 Å². The molecule has 194 valence electrons. The van der Waals surface area contributed by atoms with Crippen LogP contribution in [-0.4, -0.2) is 56.1 Å². The Balaban J connectivity index is 1.60. The molecule has 1 atom stereocenters. The number of hydrogen-bond acceptors (Lipinski definition) is 5. The zero-order valence-corrected chi connectivity index (χ0v) is 19.9. The summed E-state index contributed by atoms with van der Waals surface area (Å²) >= 11 is 0. The van der Waals surface area contributed by atoms with Crippen LogP contribution in [0, 0.1) is 5.82 Å². The number of carbonyl (C=O) groups excluding carboxylic acids is 2. The van der Waals surface area contributed by atoms with E-state index in [9.17, 15) is 27.2 Å². The van der Waals surface area contributed by atoms with E-state index in [1.165, 1.54) is 18.9 Å². The van der Waals surface area contributed by atoms with Gasteiger partial charge in [-0.05, 0) is 54.8 Å². The Hall–Kier alpha value is -3.40. The molecular formula is C26H27F4NO5. The lowest BCUT2D eigenvalue weighted by Crippen LogP contribution is -2.47. The normalized spacial score (nSPS) is 16.3. The van der Waals surface area contributed by atoms with Crippen molar-refractivity contribution in [2.24, 2.45) is 0 Å². The molecule has 1 fully saturated rings. The first-order chi connectivity index (χ1) is 17.1. The van der Waals surface area contributed by atoms with Gasteiger partial charge in [-0.2, -0.15) is 13.2 Å². The average Bonchev–Trinajstić information content (AvgIpc) is 2.85. The molecule has 1 amide bonds. The summed E-state index contributed by atoms with van der Waals surface area (Å²) in [5.41, 5.74) is -0.521. The zero-order valence-electron chi connectivity index (χ0n) is 19.9. The number of carbonyl (C=O) groups is 2. The van der Waals surface area contributed by atoms with Crippen LogP contribution in [0.15, 0.2) is 42.5 Å². The molecule has 1 unspecified atom stereocenters. The highest BCUT2D eigenvalue weighted by molar-refractivity contribution is 5.92. The second-order valence-corrected chi connectivity index (χ2v) is 8.34. The highest BCUT2D eigenvalue weighted by Gasteiger charge is 2.33. The van der Waals surface area contributed by atoms with Crippen molar-refractivity contribution in [1.82, 2.24) is 4.90 Å². The predicted molar refractivity (Wildman–Crippen MR) is 124 cm³/mol. The van der Waals surface area contributed by atoms with Gasteiger partial charge in [-0.1, -0.05) is 12.1 Å². The van der Waals surface area contributed by atoms with Crippen molar-refractivity contribution in [2.45, 2.75) is 32.0 Å². The van der Waals surface area contributed by atoms with Gasteiger partial charge in [0.15, 0.2) is 11.5 Å². The molecule has 1 heterocycles. The Morgan fingerprint density at radius 3 is 2.64 bits per heavy atom. The average molecular weight is 509 g/mol. The van der Waals surface area contributed by atoms with Gasteiger partial charge in [-0.25, -0.2) is 4.39 Å². The minimum absolute atomic E-state index is 0.0937. The Morgan fingerprint density at radius 2 is 1.94 bits per heavy atom. The van der Waals surface area contributed by atoms with Crippen LogP contribution >= 0.6 is 0 Å². The lowest BCUT2D eigenvalue weighted by atomic mass is 10.1. The Morgan fingerprint density at radius 1 is 1.17 bits per heavy atom. The lowest BCUT2D eigenvalue weighted by Gasteiger charge is -2.32. The monoisotopic (exact) mass is 509 g/mol. The third-order valence-corrected chi connectivity index (χ3v) is 5.60. The van der Waals surface area contributed by atoms with Gasteiger partial charge in [0.05, 0.1) is 25.8 Å². The third-order valence-electron chi connectivity index (χ3n) is 5.60. The summed E-state index contributed by atoms with van der Waals surface area (Å²) in [4.78, 5) is 25.3. The van der Waals surface area contributed by atoms with Crippen LogP contribution in [-0.2, 0) is 26.9 Å². The van der Waals surface area contributed by atoms with Crippen molar-refractivity contribution < 1.29 is 41.4 Å². The molecule has 10 heteroatoms. The predicted octanol–water partition coefficient (Wildman–Crippen LogP) is 4.69. The van der Waals surface area contributed by atoms with E-state index in [0.717, 1.165) is 29.8 Å². The number of ether oxygens (including phenoxy) is 3. The van der Waals surface area contributed by atoms with Crippen LogP contribution in [0.1, 0.15) is 30.0 Å². The molecule has 0 aromatic heterocycles. The Kier molecular flexibility index (Phi) is 9.08. The second kappa shape index (κ2) is 12.0. The van der Waals surface area contributed by atoms with Crippen molar-refractivity contribution >= 4 is 17.8 Å². The summed E-state index contributed by atoms with van der Waals surface area (Å²) < 4.78 is 69.7. The van der Waals surface area contributed by atoms with E-state index in [4.69, 9.17) is 14.2 Å².